The molecule has 0 aromatic carbocycles. The van der Waals surface area contributed by atoms with Gasteiger partial charge in [0.25, 0.3) is 0 Å². The van der Waals surface area contributed by atoms with Crippen molar-refractivity contribution in [2.45, 2.75) is 26.3 Å². The smallest absolute Gasteiger partial charge is 0.225 e. The lowest BCUT2D eigenvalue weighted by Gasteiger charge is -2.33. The van der Waals surface area contributed by atoms with E-state index in [0.29, 0.717) is 17.8 Å². The summed E-state index contributed by atoms with van der Waals surface area (Å²) in [5, 5.41) is 4.07. The van der Waals surface area contributed by atoms with Crippen molar-refractivity contribution in [3.05, 3.63) is 11.3 Å². The predicted octanol–water partition coefficient (Wildman–Crippen LogP) is 1.44. The highest BCUT2D eigenvalue weighted by Gasteiger charge is 2.32. The molecule has 0 bridgehead atoms. The van der Waals surface area contributed by atoms with E-state index in [4.69, 9.17) is 10.3 Å². The summed E-state index contributed by atoms with van der Waals surface area (Å²) < 4.78 is 5.05. The molecule has 0 aliphatic carbocycles. The molecule has 0 spiro atoms. The number of likely N-dealkylation sites (N-methyl/N-ethyl adjacent to an activating group) is 1. The topological polar surface area (TPSA) is 55.3 Å². The highest BCUT2D eigenvalue weighted by molar-refractivity contribution is 5.42. The lowest BCUT2D eigenvalue weighted by atomic mass is 9.92. The van der Waals surface area contributed by atoms with Crippen molar-refractivity contribution in [1.29, 1.82) is 0 Å². The molecule has 1 aromatic rings. The fourth-order valence-electron chi connectivity index (χ4n) is 2.28. The van der Waals surface area contributed by atoms with Gasteiger partial charge in [-0.2, -0.15) is 0 Å². The Morgan fingerprint density at radius 2 is 2.29 bits per heavy atom. The number of nitrogens with zero attached hydrogens (tertiary/aromatic N) is 2. The van der Waals surface area contributed by atoms with Crippen LogP contribution >= 0.6 is 0 Å². The van der Waals surface area contributed by atoms with Crippen molar-refractivity contribution in [3.8, 4) is 0 Å². The Bertz CT molecular complexity index is 332. The first-order chi connectivity index (χ1) is 6.61. The van der Waals surface area contributed by atoms with Gasteiger partial charge in [0.1, 0.15) is 5.69 Å². The molecule has 4 nitrogen and oxygen atoms in total. The minimum Gasteiger partial charge on any atom is -0.367 e. The molecular weight excluding hydrogens is 178 g/mol. The van der Waals surface area contributed by atoms with Crippen molar-refractivity contribution in [3.63, 3.8) is 0 Å². The molecule has 2 N–H and O–H groups in total. The van der Waals surface area contributed by atoms with Crippen LogP contribution in [0.4, 0.5) is 5.88 Å². The molecule has 0 radical (unpaired) electrons. The number of rotatable bonds is 1. The zero-order chi connectivity index (χ0) is 10.3. The summed E-state index contributed by atoms with van der Waals surface area (Å²) in [7, 11) is 2.12. The maximum Gasteiger partial charge on any atom is 0.225 e. The van der Waals surface area contributed by atoms with E-state index in [1.165, 1.54) is 0 Å². The first-order valence-electron chi connectivity index (χ1n) is 5.05. The van der Waals surface area contributed by atoms with E-state index < -0.39 is 0 Å². The van der Waals surface area contributed by atoms with E-state index in [2.05, 4.69) is 31.0 Å². The van der Waals surface area contributed by atoms with Crippen LogP contribution in [0.1, 0.15) is 31.1 Å². The fraction of sp³-hybridized carbons (Fsp3) is 0.700. The minimum atomic E-state index is 0.347. The van der Waals surface area contributed by atoms with E-state index >= 15 is 0 Å². The van der Waals surface area contributed by atoms with E-state index in [9.17, 15) is 0 Å². The Morgan fingerprint density at radius 3 is 2.93 bits per heavy atom. The van der Waals surface area contributed by atoms with Gasteiger partial charge in [-0.15, -0.1) is 0 Å². The average Bonchev–Trinajstić information content (AvgIpc) is 2.47. The SMILES string of the molecule is CC(C)C1c2noc(N)c2CCN1C. The van der Waals surface area contributed by atoms with Gasteiger partial charge in [0.05, 0.1) is 6.04 Å². The second-order valence-corrected chi connectivity index (χ2v) is 4.33. The van der Waals surface area contributed by atoms with Crippen LogP contribution in [0, 0.1) is 5.92 Å². The minimum absolute atomic E-state index is 0.347. The number of nitrogens with two attached hydrogens (primary N) is 1. The Labute approximate surface area is 84.0 Å². The second-order valence-electron chi connectivity index (χ2n) is 4.33. The van der Waals surface area contributed by atoms with Crippen molar-refractivity contribution in [2.75, 3.05) is 19.3 Å². The summed E-state index contributed by atoms with van der Waals surface area (Å²) in [5.41, 5.74) is 7.87. The molecule has 2 heterocycles. The van der Waals surface area contributed by atoms with Crippen LogP contribution < -0.4 is 5.73 Å². The molecule has 1 aliphatic rings. The molecule has 1 aliphatic heterocycles. The van der Waals surface area contributed by atoms with Crippen molar-refractivity contribution in [2.24, 2.45) is 5.92 Å². The summed E-state index contributed by atoms with van der Waals surface area (Å²) in [4.78, 5) is 2.31. The van der Waals surface area contributed by atoms with Crippen LogP contribution in [-0.4, -0.2) is 23.6 Å². The van der Waals surface area contributed by atoms with Crippen LogP contribution in [0.3, 0.4) is 0 Å². The zero-order valence-corrected chi connectivity index (χ0v) is 8.95. The Hall–Kier alpha value is -1.03. The van der Waals surface area contributed by atoms with Gasteiger partial charge < -0.3 is 10.3 Å². The maximum atomic E-state index is 5.72. The summed E-state index contributed by atoms with van der Waals surface area (Å²) in [5.74, 6) is 1.03. The average molecular weight is 195 g/mol. The third kappa shape index (κ3) is 1.30. The third-order valence-electron chi connectivity index (χ3n) is 2.95. The molecule has 1 unspecified atom stereocenters. The highest BCUT2D eigenvalue weighted by atomic mass is 16.5. The fourth-order valence-corrected chi connectivity index (χ4v) is 2.28. The summed E-state index contributed by atoms with van der Waals surface area (Å²) in [6, 6.07) is 0.347. The number of anilines is 1. The van der Waals surface area contributed by atoms with Gasteiger partial charge in [0.2, 0.25) is 5.88 Å². The standard InChI is InChI=1S/C10H17N3O/c1-6(2)9-8-7(4-5-13(9)3)10(11)14-12-8/h6,9H,4-5,11H2,1-3H3. The molecule has 78 valence electrons. The molecule has 2 rings (SSSR count). The largest absolute Gasteiger partial charge is 0.367 e. The molecule has 14 heavy (non-hydrogen) atoms. The number of hydrogen-bond acceptors (Lipinski definition) is 4. The quantitative estimate of drug-likeness (QED) is 0.736. The van der Waals surface area contributed by atoms with E-state index in [0.717, 1.165) is 24.2 Å². The lowest BCUT2D eigenvalue weighted by Crippen LogP contribution is -2.35. The van der Waals surface area contributed by atoms with Crippen LogP contribution in [-0.2, 0) is 6.42 Å². The van der Waals surface area contributed by atoms with Crippen molar-refractivity contribution >= 4 is 5.88 Å². The third-order valence-corrected chi connectivity index (χ3v) is 2.95. The van der Waals surface area contributed by atoms with Crippen LogP contribution in [0.2, 0.25) is 0 Å². The lowest BCUT2D eigenvalue weighted by molar-refractivity contribution is 0.173. The van der Waals surface area contributed by atoms with Crippen molar-refractivity contribution < 1.29 is 4.52 Å². The Morgan fingerprint density at radius 1 is 1.57 bits per heavy atom. The molecule has 1 atom stereocenters. The van der Waals surface area contributed by atoms with E-state index in [1.807, 2.05) is 0 Å². The van der Waals surface area contributed by atoms with E-state index in [-0.39, 0.29) is 0 Å². The molecule has 1 aromatic heterocycles. The first-order valence-corrected chi connectivity index (χ1v) is 5.05. The van der Waals surface area contributed by atoms with Gasteiger partial charge in [0, 0.05) is 12.1 Å². The molecule has 4 heteroatoms. The predicted molar refractivity (Wildman–Crippen MR) is 54.8 cm³/mol. The Balaban J connectivity index is 2.42. The Kier molecular flexibility index (Phi) is 2.23. The molecule has 0 saturated carbocycles. The number of nitrogen functional groups attached to an aromatic ring is 1. The first kappa shape index (κ1) is 9.52. The molecular formula is C10H17N3O. The highest BCUT2D eigenvalue weighted by Crippen LogP contribution is 2.35. The monoisotopic (exact) mass is 195 g/mol. The molecule has 0 amide bonds. The van der Waals surface area contributed by atoms with Gasteiger partial charge in [-0.3, -0.25) is 4.90 Å². The summed E-state index contributed by atoms with van der Waals surface area (Å²) >= 11 is 0. The van der Waals surface area contributed by atoms with Gasteiger partial charge in [-0.1, -0.05) is 19.0 Å². The van der Waals surface area contributed by atoms with Gasteiger partial charge in [-0.25, -0.2) is 0 Å². The zero-order valence-electron chi connectivity index (χ0n) is 8.95. The maximum absolute atomic E-state index is 5.72. The number of aromatic nitrogens is 1. The van der Waals surface area contributed by atoms with Crippen LogP contribution in [0.5, 0.6) is 0 Å². The van der Waals surface area contributed by atoms with Crippen molar-refractivity contribution in [1.82, 2.24) is 10.1 Å². The van der Waals surface area contributed by atoms with Gasteiger partial charge in [-0.05, 0) is 19.4 Å². The van der Waals surface area contributed by atoms with Gasteiger partial charge >= 0.3 is 0 Å². The summed E-state index contributed by atoms with van der Waals surface area (Å²) in [6.45, 7) is 5.42. The number of hydrogen-bond donors (Lipinski definition) is 1. The van der Waals surface area contributed by atoms with Gasteiger partial charge in [0.15, 0.2) is 0 Å². The molecule has 0 saturated heterocycles. The number of fused-ring (bicyclic) bond motifs is 1. The van der Waals surface area contributed by atoms with Crippen LogP contribution in [0.25, 0.3) is 0 Å². The summed E-state index contributed by atoms with van der Waals surface area (Å²) in [6.07, 6.45) is 0.949. The second kappa shape index (κ2) is 3.28. The van der Waals surface area contributed by atoms with E-state index in [1.54, 1.807) is 0 Å². The molecule has 0 fully saturated rings. The van der Waals surface area contributed by atoms with Crippen LogP contribution in [0.15, 0.2) is 4.52 Å². The normalized spacial score (nSPS) is 22.7.